The SMILES string of the molecule is CCCCCCCCC=CCCCCCCCC(=O)OC(COC(c1ccccc1)(c1ccccc1)c1ccccc1)COP(=O)(O)OCC[N+](C)(C)C. The van der Waals surface area contributed by atoms with E-state index in [9.17, 15) is 14.3 Å². The third-order valence-corrected chi connectivity index (χ3v) is 10.4. The highest BCUT2D eigenvalue weighted by Gasteiger charge is 2.39. The van der Waals surface area contributed by atoms with E-state index in [0.717, 1.165) is 48.8 Å². The lowest BCUT2D eigenvalue weighted by Gasteiger charge is -2.37. The summed E-state index contributed by atoms with van der Waals surface area (Å²) in [6, 6.07) is 29.7. The molecule has 0 radical (unpaired) electrons. The Morgan fingerprint density at radius 1 is 0.685 bits per heavy atom. The van der Waals surface area contributed by atoms with Gasteiger partial charge in [-0.1, -0.05) is 161 Å². The molecule has 0 bridgehead atoms. The van der Waals surface area contributed by atoms with Crippen LogP contribution in [0, 0.1) is 0 Å². The highest BCUT2D eigenvalue weighted by molar-refractivity contribution is 7.47. The number of carbonyl (C=O) groups excluding carboxylic acids is 1. The second-order valence-corrected chi connectivity index (χ2v) is 16.6. The molecule has 0 aliphatic heterocycles. The Labute approximate surface area is 326 Å². The van der Waals surface area contributed by atoms with Crippen LogP contribution in [0.25, 0.3) is 0 Å². The van der Waals surface area contributed by atoms with Crippen LogP contribution in [0.5, 0.6) is 0 Å². The number of phosphoric acid groups is 1. The van der Waals surface area contributed by atoms with Crippen molar-refractivity contribution in [3.05, 3.63) is 120 Å². The van der Waals surface area contributed by atoms with Gasteiger partial charge in [0.1, 0.15) is 24.9 Å². The topological polar surface area (TPSA) is 91.3 Å². The molecule has 0 saturated carbocycles. The molecule has 54 heavy (non-hydrogen) atoms. The zero-order chi connectivity index (χ0) is 39.0. The summed E-state index contributed by atoms with van der Waals surface area (Å²) in [5.74, 6) is -0.395. The van der Waals surface area contributed by atoms with Crippen molar-refractivity contribution in [3.63, 3.8) is 0 Å². The standard InChI is InChI=1S/C45H66NO7P/c1-5-6-7-8-9-10-11-12-13-14-15-16-17-18-28-35-44(47)53-43(39-52-54(48,49)51-37-36-46(2,3)4)38-50-45(40-29-22-19-23-30-40,41-31-24-20-25-32-41)42-33-26-21-27-34-42/h12-13,19-27,29-34,43H,5-11,14-18,28,35-39H2,1-4H3/p+1. The van der Waals surface area contributed by atoms with Crippen molar-refractivity contribution < 1.29 is 37.3 Å². The maximum atomic E-state index is 13.2. The third kappa shape index (κ3) is 17.6. The molecule has 8 nitrogen and oxygen atoms in total. The average Bonchev–Trinajstić information content (AvgIpc) is 3.16. The zero-order valence-corrected chi connectivity index (χ0v) is 34.3. The number of benzene rings is 3. The lowest BCUT2D eigenvalue weighted by Crippen LogP contribution is -2.38. The van der Waals surface area contributed by atoms with Crippen LogP contribution in [0.15, 0.2) is 103 Å². The summed E-state index contributed by atoms with van der Waals surface area (Å²) < 4.78 is 37.0. The minimum absolute atomic E-state index is 0.0346. The first-order valence-corrected chi connectivity index (χ1v) is 21.6. The second-order valence-electron chi connectivity index (χ2n) is 15.1. The first-order valence-electron chi connectivity index (χ1n) is 20.1. The molecule has 3 aromatic carbocycles. The van der Waals surface area contributed by atoms with E-state index in [1.54, 1.807) is 0 Å². The molecule has 0 saturated heterocycles. The summed E-state index contributed by atoms with van der Waals surface area (Å²) >= 11 is 0. The van der Waals surface area contributed by atoms with Gasteiger partial charge in [0.15, 0.2) is 0 Å². The Morgan fingerprint density at radius 3 is 1.63 bits per heavy atom. The summed E-state index contributed by atoms with van der Waals surface area (Å²) in [5, 5.41) is 0. The largest absolute Gasteiger partial charge is 0.472 e. The molecular formula is C45H67NO7P+. The molecule has 3 aromatic rings. The number of likely N-dealkylation sites (N-methyl/N-ethyl adjacent to an activating group) is 1. The number of rotatable bonds is 29. The van der Waals surface area contributed by atoms with E-state index in [4.69, 9.17) is 18.5 Å². The fraction of sp³-hybridized carbons (Fsp3) is 0.533. The van der Waals surface area contributed by atoms with E-state index < -0.39 is 25.5 Å². The number of hydrogen-bond acceptors (Lipinski definition) is 6. The number of ether oxygens (including phenoxy) is 2. The van der Waals surface area contributed by atoms with Gasteiger partial charge in [0.2, 0.25) is 0 Å². The van der Waals surface area contributed by atoms with Gasteiger partial charge in [-0.25, -0.2) is 4.57 Å². The zero-order valence-electron chi connectivity index (χ0n) is 33.4. The van der Waals surface area contributed by atoms with Gasteiger partial charge < -0.3 is 18.9 Å². The maximum absolute atomic E-state index is 13.2. The predicted molar refractivity (Wildman–Crippen MR) is 219 cm³/mol. The molecule has 2 atom stereocenters. The first kappa shape index (κ1) is 45.3. The molecule has 0 aromatic heterocycles. The molecule has 0 amide bonds. The van der Waals surface area contributed by atoms with Gasteiger partial charge in [-0.2, -0.15) is 0 Å². The fourth-order valence-corrected chi connectivity index (χ4v) is 7.07. The van der Waals surface area contributed by atoms with E-state index in [2.05, 4.69) is 19.1 Å². The molecular weight excluding hydrogens is 697 g/mol. The summed E-state index contributed by atoms with van der Waals surface area (Å²) in [5.41, 5.74) is 1.59. The Bertz CT molecular complexity index is 1400. The number of unbranched alkanes of at least 4 members (excludes halogenated alkanes) is 11. The van der Waals surface area contributed by atoms with Crippen LogP contribution in [0.4, 0.5) is 0 Å². The van der Waals surface area contributed by atoms with Crippen LogP contribution >= 0.6 is 7.82 Å². The minimum Gasteiger partial charge on any atom is -0.457 e. The van der Waals surface area contributed by atoms with Gasteiger partial charge in [-0.05, 0) is 48.8 Å². The van der Waals surface area contributed by atoms with Crippen LogP contribution in [-0.4, -0.2) is 69.0 Å². The molecule has 0 aliphatic rings. The van der Waals surface area contributed by atoms with Crippen molar-refractivity contribution in [2.24, 2.45) is 0 Å². The van der Waals surface area contributed by atoms with Gasteiger partial charge in [-0.15, -0.1) is 0 Å². The number of quaternary nitrogens is 1. The lowest BCUT2D eigenvalue weighted by atomic mass is 9.80. The van der Waals surface area contributed by atoms with Crippen LogP contribution in [0.3, 0.4) is 0 Å². The first-order chi connectivity index (χ1) is 26.1. The fourth-order valence-electron chi connectivity index (χ4n) is 6.33. The van der Waals surface area contributed by atoms with Gasteiger partial charge >= 0.3 is 13.8 Å². The quantitative estimate of drug-likeness (QED) is 0.0188. The Balaban J connectivity index is 1.62. The van der Waals surface area contributed by atoms with Crippen LogP contribution in [0.2, 0.25) is 0 Å². The van der Waals surface area contributed by atoms with E-state index in [1.807, 2.05) is 112 Å². The molecule has 0 fully saturated rings. The molecule has 1 N–H and O–H groups in total. The molecule has 0 spiro atoms. The lowest BCUT2D eigenvalue weighted by molar-refractivity contribution is -0.870. The molecule has 9 heteroatoms. The highest BCUT2D eigenvalue weighted by Crippen LogP contribution is 2.44. The molecule has 0 heterocycles. The summed E-state index contributed by atoms with van der Waals surface area (Å²) in [7, 11) is 1.47. The molecule has 3 rings (SSSR count). The van der Waals surface area contributed by atoms with Crippen LogP contribution < -0.4 is 0 Å². The average molecular weight is 765 g/mol. The van der Waals surface area contributed by atoms with Crippen molar-refractivity contribution in [3.8, 4) is 0 Å². The number of carbonyl (C=O) groups is 1. The minimum atomic E-state index is -4.43. The van der Waals surface area contributed by atoms with Crippen molar-refractivity contribution in [2.75, 3.05) is 47.5 Å². The van der Waals surface area contributed by atoms with Crippen molar-refractivity contribution in [2.45, 2.75) is 109 Å². The van der Waals surface area contributed by atoms with E-state index in [1.165, 1.54) is 44.9 Å². The normalized spacial score (nSPS) is 13.9. The molecule has 298 valence electrons. The van der Waals surface area contributed by atoms with Gasteiger partial charge in [-0.3, -0.25) is 13.8 Å². The number of allylic oxidation sites excluding steroid dienone is 2. The summed E-state index contributed by atoms with van der Waals surface area (Å²) in [6.07, 6.45) is 19.1. The highest BCUT2D eigenvalue weighted by atomic mass is 31.2. The Hall–Kier alpha value is -3.10. The van der Waals surface area contributed by atoms with Crippen molar-refractivity contribution >= 4 is 13.8 Å². The maximum Gasteiger partial charge on any atom is 0.472 e. The van der Waals surface area contributed by atoms with E-state index in [-0.39, 0.29) is 26.2 Å². The summed E-state index contributed by atoms with van der Waals surface area (Å²) in [6.45, 7) is 2.33. The van der Waals surface area contributed by atoms with Crippen LogP contribution in [0.1, 0.15) is 114 Å². The van der Waals surface area contributed by atoms with Gasteiger partial charge in [0.25, 0.3) is 0 Å². The van der Waals surface area contributed by atoms with Gasteiger partial charge in [0.05, 0.1) is 34.4 Å². The van der Waals surface area contributed by atoms with E-state index in [0.29, 0.717) is 17.4 Å². The predicted octanol–water partition coefficient (Wildman–Crippen LogP) is 10.8. The van der Waals surface area contributed by atoms with E-state index >= 15 is 0 Å². The van der Waals surface area contributed by atoms with Gasteiger partial charge in [0, 0.05) is 6.42 Å². The molecule has 2 unspecified atom stereocenters. The monoisotopic (exact) mass is 764 g/mol. The number of esters is 1. The second kappa shape index (κ2) is 25.1. The smallest absolute Gasteiger partial charge is 0.457 e. The summed E-state index contributed by atoms with van der Waals surface area (Å²) in [4.78, 5) is 23.7. The Kier molecular flexibility index (Phi) is 21.1. The molecule has 0 aliphatic carbocycles. The van der Waals surface area contributed by atoms with Crippen molar-refractivity contribution in [1.29, 1.82) is 0 Å². The third-order valence-electron chi connectivity index (χ3n) is 9.41. The van der Waals surface area contributed by atoms with Crippen molar-refractivity contribution in [1.82, 2.24) is 0 Å². The number of phosphoric ester groups is 1. The Morgan fingerprint density at radius 2 is 1.15 bits per heavy atom. The number of hydrogen-bond donors (Lipinski definition) is 1. The number of nitrogens with zero attached hydrogens (tertiary/aromatic N) is 1. The van der Waals surface area contributed by atoms with Crippen LogP contribution in [-0.2, 0) is 33.5 Å².